The van der Waals surface area contributed by atoms with Gasteiger partial charge in [-0.25, -0.2) is 13.9 Å². The number of aromatic nitrogens is 4. The van der Waals surface area contributed by atoms with Gasteiger partial charge in [-0.05, 0) is 87.5 Å². The lowest BCUT2D eigenvalue weighted by Gasteiger charge is -2.31. The van der Waals surface area contributed by atoms with E-state index >= 15 is 0 Å². The molecule has 2 aliphatic rings. The Kier molecular flexibility index (Phi) is 7.02. The molecule has 10 heteroatoms. The van der Waals surface area contributed by atoms with E-state index in [9.17, 15) is 14.3 Å². The maximum Gasteiger partial charge on any atom is 0.234 e. The largest absolute Gasteiger partial charge is 0.387 e. The zero-order valence-electron chi connectivity index (χ0n) is 25.0. The second-order valence-corrected chi connectivity index (χ2v) is 14.1. The molecule has 3 N–H and O–H groups in total. The highest BCUT2D eigenvalue weighted by Gasteiger charge is 2.46. The molecular formula is C31H41FN6O2S. The van der Waals surface area contributed by atoms with Crippen molar-refractivity contribution in [1.29, 1.82) is 0 Å². The van der Waals surface area contributed by atoms with Crippen LogP contribution in [0.2, 0.25) is 0 Å². The van der Waals surface area contributed by atoms with Crippen LogP contribution in [0.25, 0.3) is 27.1 Å². The number of hydrogen-bond acceptors (Lipinski definition) is 6. The number of rotatable bonds is 8. The fourth-order valence-electron chi connectivity index (χ4n) is 7.10. The number of alkyl halides is 1. The van der Waals surface area contributed by atoms with Crippen molar-refractivity contribution in [3.05, 3.63) is 39.7 Å². The van der Waals surface area contributed by atoms with Crippen LogP contribution >= 0.6 is 11.3 Å². The van der Waals surface area contributed by atoms with E-state index in [1.165, 1.54) is 56.9 Å². The number of halogens is 1. The second-order valence-electron chi connectivity index (χ2n) is 13.0. The highest BCUT2D eigenvalue weighted by Crippen LogP contribution is 2.53. The van der Waals surface area contributed by atoms with Crippen molar-refractivity contribution in [2.75, 3.05) is 19.6 Å². The summed E-state index contributed by atoms with van der Waals surface area (Å²) >= 11 is 1.90. The van der Waals surface area contributed by atoms with Crippen LogP contribution < -0.4 is 5.32 Å². The summed E-state index contributed by atoms with van der Waals surface area (Å²) in [6.07, 6.45) is 4.35. The molecule has 2 bridgehead atoms. The van der Waals surface area contributed by atoms with Crippen LogP contribution in [-0.4, -0.2) is 72.9 Å². The molecule has 5 heterocycles. The van der Waals surface area contributed by atoms with E-state index < -0.39 is 11.8 Å². The minimum Gasteiger partial charge on any atom is -0.387 e. The van der Waals surface area contributed by atoms with Crippen molar-refractivity contribution in [1.82, 2.24) is 29.8 Å². The number of likely N-dealkylation sites (tertiary alicyclic amines) is 1. The quantitative estimate of drug-likeness (QED) is 0.260. The molecule has 0 unspecified atom stereocenters. The Morgan fingerprint density at radius 2 is 2.00 bits per heavy atom. The molecule has 4 aromatic rings. The maximum absolute atomic E-state index is 14.1. The lowest BCUT2D eigenvalue weighted by atomic mass is 9.88. The number of nitrogens with zero attached hydrogens (tertiary/aromatic N) is 4. The minimum absolute atomic E-state index is 0.167. The highest BCUT2D eigenvalue weighted by atomic mass is 32.1. The number of pyridine rings is 1. The van der Waals surface area contributed by atoms with Gasteiger partial charge in [-0.1, -0.05) is 13.8 Å². The van der Waals surface area contributed by atoms with Crippen LogP contribution in [0.15, 0.2) is 12.5 Å². The van der Waals surface area contributed by atoms with Gasteiger partial charge in [0.15, 0.2) is 5.65 Å². The predicted molar refractivity (Wildman–Crippen MR) is 161 cm³/mol. The molecule has 220 valence electrons. The van der Waals surface area contributed by atoms with Crippen LogP contribution in [0.1, 0.15) is 79.5 Å². The number of aryl methyl sites for hydroxylation is 2. The SMILES string of the molecule is Cc1c(-c2[nH]c3sc([C@@H]4C[C@@H]5C[C@H]4CN5CC(=O)NC[C@@H](F)C(C)(C)O)c(C)c3c2C(C)C)cn2ncnc2c1C. The van der Waals surface area contributed by atoms with E-state index in [4.69, 9.17) is 0 Å². The fraction of sp³-hybridized carbons (Fsp3) is 0.581. The van der Waals surface area contributed by atoms with Crippen LogP contribution in [0.4, 0.5) is 4.39 Å². The normalized spacial score (nSPS) is 22.0. The highest BCUT2D eigenvalue weighted by molar-refractivity contribution is 7.19. The zero-order valence-corrected chi connectivity index (χ0v) is 25.8. The summed E-state index contributed by atoms with van der Waals surface area (Å²) in [6.45, 7) is 14.9. The molecule has 1 saturated heterocycles. The van der Waals surface area contributed by atoms with Crippen LogP contribution in [-0.2, 0) is 4.79 Å². The van der Waals surface area contributed by atoms with Crippen molar-refractivity contribution >= 4 is 33.1 Å². The molecule has 0 radical (unpaired) electrons. The molecular weight excluding hydrogens is 539 g/mol. The first-order valence-electron chi connectivity index (χ1n) is 14.7. The maximum atomic E-state index is 14.1. The van der Waals surface area contributed by atoms with E-state index in [1.807, 2.05) is 15.9 Å². The van der Waals surface area contributed by atoms with Gasteiger partial charge in [0.05, 0.1) is 24.4 Å². The Morgan fingerprint density at radius 3 is 2.66 bits per heavy atom. The Morgan fingerprint density at radius 1 is 1.24 bits per heavy atom. The standard InChI is InChI=1S/C31H41FN6O2S/c1-15(2)25-26-18(5)28(41-30(26)36-27(25)22-12-38-29(34-14-35-38)17(4)16(22)3)21-9-20-8-19(21)11-37(20)13-24(39)33-10-23(32)31(6,7)40/h12,14-15,19-21,23,36,40H,8-11,13H2,1-7H3,(H,33,39)/t19-,20-,21+,23+/m0/s1. The molecule has 0 aromatic carbocycles. The summed E-state index contributed by atoms with van der Waals surface area (Å²) in [7, 11) is 0. The third-order valence-corrected chi connectivity index (χ3v) is 10.9. The van der Waals surface area contributed by atoms with E-state index in [-0.39, 0.29) is 19.0 Å². The Labute approximate surface area is 244 Å². The molecule has 1 aliphatic heterocycles. The van der Waals surface area contributed by atoms with Gasteiger partial charge in [0.1, 0.15) is 17.3 Å². The molecule has 1 saturated carbocycles. The van der Waals surface area contributed by atoms with E-state index in [2.05, 4.69) is 66.1 Å². The van der Waals surface area contributed by atoms with Gasteiger partial charge >= 0.3 is 0 Å². The van der Waals surface area contributed by atoms with Gasteiger partial charge in [0.25, 0.3) is 0 Å². The average Bonchev–Trinajstić information content (AvgIpc) is 3.71. The molecule has 0 spiro atoms. The summed E-state index contributed by atoms with van der Waals surface area (Å²) in [5.41, 5.74) is 6.89. The van der Waals surface area contributed by atoms with Gasteiger partial charge in [0, 0.05) is 34.6 Å². The number of thiophene rings is 1. The number of aromatic amines is 1. The van der Waals surface area contributed by atoms with Crippen LogP contribution in [0.5, 0.6) is 0 Å². The first-order valence-corrected chi connectivity index (χ1v) is 15.5. The topological polar surface area (TPSA) is 98.5 Å². The number of hydrogen-bond donors (Lipinski definition) is 3. The third-order valence-electron chi connectivity index (χ3n) is 9.52. The Hall–Kier alpha value is -2.82. The van der Waals surface area contributed by atoms with Gasteiger partial charge in [0.2, 0.25) is 5.91 Å². The Bertz CT molecular complexity index is 1630. The second kappa shape index (κ2) is 10.2. The molecule has 1 aliphatic carbocycles. The minimum atomic E-state index is -1.49. The van der Waals surface area contributed by atoms with Crippen molar-refractivity contribution in [3.63, 3.8) is 0 Å². The third kappa shape index (κ3) is 4.77. The van der Waals surface area contributed by atoms with Gasteiger partial charge in [-0.15, -0.1) is 11.3 Å². The molecule has 4 atom stereocenters. The number of carbonyl (C=O) groups excluding carboxylic acids is 1. The zero-order chi connectivity index (χ0) is 29.4. The van der Waals surface area contributed by atoms with E-state index in [0.717, 1.165) is 30.6 Å². The molecule has 8 nitrogen and oxygen atoms in total. The van der Waals surface area contributed by atoms with Crippen molar-refractivity contribution < 1.29 is 14.3 Å². The molecule has 4 aromatic heterocycles. The lowest BCUT2D eigenvalue weighted by molar-refractivity contribution is -0.123. The first kappa shape index (κ1) is 28.3. The van der Waals surface area contributed by atoms with E-state index in [1.54, 1.807) is 6.33 Å². The summed E-state index contributed by atoms with van der Waals surface area (Å²) in [5, 5.41) is 18.2. The first-order chi connectivity index (χ1) is 19.3. The van der Waals surface area contributed by atoms with Gasteiger partial charge in [-0.2, -0.15) is 5.10 Å². The number of amides is 1. The molecule has 41 heavy (non-hydrogen) atoms. The fourth-order valence-corrected chi connectivity index (χ4v) is 8.53. The summed E-state index contributed by atoms with van der Waals surface area (Å²) < 4.78 is 15.9. The number of fused-ring (bicyclic) bond motifs is 4. The summed E-state index contributed by atoms with van der Waals surface area (Å²) in [6, 6.07) is 0.367. The van der Waals surface area contributed by atoms with Gasteiger partial charge < -0.3 is 15.4 Å². The lowest BCUT2D eigenvalue weighted by Crippen LogP contribution is -2.46. The summed E-state index contributed by atoms with van der Waals surface area (Å²) in [4.78, 5) is 25.8. The molecule has 6 rings (SSSR count). The number of carbonyl (C=O) groups is 1. The predicted octanol–water partition coefficient (Wildman–Crippen LogP) is 5.39. The monoisotopic (exact) mass is 580 g/mol. The number of piperidine rings is 1. The smallest absolute Gasteiger partial charge is 0.234 e. The van der Waals surface area contributed by atoms with Crippen LogP contribution in [0.3, 0.4) is 0 Å². The van der Waals surface area contributed by atoms with Crippen molar-refractivity contribution in [2.45, 2.75) is 91.0 Å². The van der Waals surface area contributed by atoms with Crippen molar-refractivity contribution in [2.24, 2.45) is 5.92 Å². The average molecular weight is 581 g/mol. The van der Waals surface area contributed by atoms with Gasteiger partial charge in [-0.3, -0.25) is 9.69 Å². The van der Waals surface area contributed by atoms with Crippen LogP contribution in [0, 0.1) is 26.7 Å². The van der Waals surface area contributed by atoms with Crippen molar-refractivity contribution in [3.8, 4) is 11.3 Å². The Balaban J connectivity index is 1.23. The molecule has 1 amide bonds. The summed E-state index contributed by atoms with van der Waals surface area (Å²) in [5.74, 6) is 1.18. The molecule has 2 fully saturated rings. The van der Waals surface area contributed by atoms with E-state index in [0.29, 0.717) is 23.8 Å². The number of aliphatic hydroxyl groups is 1. The number of H-pyrrole nitrogens is 1. The number of nitrogens with one attached hydrogen (secondary N) is 2.